The first-order chi connectivity index (χ1) is 12.8. The molecule has 3 rings (SSSR count). The third-order valence-electron chi connectivity index (χ3n) is 6.05. The van der Waals surface area contributed by atoms with E-state index in [1.54, 1.807) is 0 Å². The Morgan fingerprint density at radius 1 is 1.07 bits per heavy atom. The number of hydrogen-bond donors (Lipinski definition) is 0. The summed E-state index contributed by atoms with van der Waals surface area (Å²) in [5.74, 6) is 0.392. The molecule has 0 unspecified atom stereocenters. The summed E-state index contributed by atoms with van der Waals surface area (Å²) in [6, 6.07) is 11.2. The minimum Gasteiger partial charge on any atom is -0.367 e. The minimum absolute atomic E-state index is 0.0951. The van der Waals surface area contributed by atoms with Crippen LogP contribution in [-0.2, 0) is 9.53 Å². The van der Waals surface area contributed by atoms with E-state index in [4.69, 9.17) is 4.74 Å². The van der Waals surface area contributed by atoms with E-state index in [0.29, 0.717) is 11.9 Å². The van der Waals surface area contributed by atoms with E-state index in [1.807, 2.05) is 13.8 Å². The maximum Gasteiger partial charge on any atom is 0.225 e. The smallest absolute Gasteiger partial charge is 0.225 e. The van der Waals surface area contributed by atoms with E-state index in [1.165, 1.54) is 5.56 Å². The van der Waals surface area contributed by atoms with Crippen LogP contribution in [0.15, 0.2) is 30.3 Å². The van der Waals surface area contributed by atoms with Gasteiger partial charge in [-0.2, -0.15) is 0 Å². The van der Waals surface area contributed by atoms with Crippen LogP contribution in [-0.4, -0.2) is 54.0 Å². The molecule has 1 aromatic carbocycles. The van der Waals surface area contributed by atoms with Crippen LogP contribution in [0.3, 0.4) is 0 Å². The van der Waals surface area contributed by atoms with Crippen molar-refractivity contribution in [2.75, 3.05) is 26.2 Å². The molecule has 2 saturated heterocycles. The van der Waals surface area contributed by atoms with Crippen LogP contribution in [0.1, 0.15) is 59.1 Å². The molecule has 0 radical (unpaired) electrons. The molecule has 1 amide bonds. The molecule has 2 aliphatic rings. The molecular formula is C23H36N2O2. The Morgan fingerprint density at radius 2 is 1.70 bits per heavy atom. The van der Waals surface area contributed by atoms with Gasteiger partial charge >= 0.3 is 0 Å². The molecule has 2 fully saturated rings. The van der Waals surface area contributed by atoms with Gasteiger partial charge in [0, 0.05) is 38.1 Å². The highest BCUT2D eigenvalue weighted by molar-refractivity contribution is 5.78. The summed E-state index contributed by atoms with van der Waals surface area (Å²) in [5.41, 5.74) is 1.38. The van der Waals surface area contributed by atoms with Crippen molar-refractivity contribution in [2.45, 2.75) is 65.7 Å². The maximum atomic E-state index is 12.3. The zero-order chi connectivity index (χ0) is 19.6. The first-order valence-electron chi connectivity index (χ1n) is 10.5. The Kier molecular flexibility index (Phi) is 6.27. The van der Waals surface area contributed by atoms with Gasteiger partial charge in [0.2, 0.25) is 5.91 Å². The summed E-state index contributed by atoms with van der Waals surface area (Å²) in [6.45, 7) is 14.5. The molecule has 0 spiro atoms. The van der Waals surface area contributed by atoms with Crippen LogP contribution >= 0.6 is 0 Å². The summed E-state index contributed by atoms with van der Waals surface area (Å²) < 4.78 is 6.54. The number of piperidine rings is 1. The molecule has 0 N–H and O–H groups in total. The molecule has 27 heavy (non-hydrogen) atoms. The van der Waals surface area contributed by atoms with E-state index in [9.17, 15) is 4.79 Å². The van der Waals surface area contributed by atoms with Gasteiger partial charge in [-0.1, -0.05) is 65.0 Å². The fourth-order valence-corrected chi connectivity index (χ4v) is 4.23. The summed E-state index contributed by atoms with van der Waals surface area (Å²) in [5, 5.41) is 0. The molecule has 2 aliphatic heterocycles. The zero-order valence-electron chi connectivity index (χ0n) is 17.6. The van der Waals surface area contributed by atoms with Gasteiger partial charge in [-0.3, -0.25) is 9.69 Å². The normalized spacial score (nSPS) is 25.8. The second kappa shape index (κ2) is 8.32. The zero-order valence-corrected chi connectivity index (χ0v) is 17.6. The van der Waals surface area contributed by atoms with Gasteiger partial charge in [0.05, 0.1) is 12.2 Å². The standard InChI is InChI=1S/C23H36N2O2/c1-17(2)22(26)24-13-11-19(12-14-24)25-15-20(18-9-7-6-8-10-18)27-21(16-25)23(3,4)5/h6-10,17,19-21H,11-16H2,1-5H3/t20-,21+/m0/s1. The molecule has 4 nitrogen and oxygen atoms in total. The van der Waals surface area contributed by atoms with Crippen LogP contribution in [0.5, 0.6) is 0 Å². The topological polar surface area (TPSA) is 32.8 Å². The van der Waals surface area contributed by atoms with Crippen molar-refractivity contribution in [3.8, 4) is 0 Å². The second-order valence-electron chi connectivity index (χ2n) is 9.56. The SMILES string of the molecule is CC(C)C(=O)N1CCC(N2C[C@@H](c3ccccc3)O[C@@H](C(C)(C)C)C2)CC1. The Hall–Kier alpha value is -1.39. The van der Waals surface area contributed by atoms with Gasteiger partial charge in [-0.25, -0.2) is 0 Å². The van der Waals surface area contributed by atoms with Crippen LogP contribution in [0.4, 0.5) is 0 Å². The third-order valence-corrected chi connectivity index (χ3v) is 6.05. The molecule has 150 valence electrons. The molecule has 0 aliphatic carbocycles. The number of morpholine rings is 1. The van der Waals surface area contributed by atoms with Crippen molar-refractivity contribution in [3.05, 3.63) is 35.9 Å². The first kappa shape index (κ1) is 20.3. The number of carbonyl (C=O) groups excluding carboxylic acids is 1. The highest BCUT2D eigenvalue weighted by Crippen LogP contribution is 2.35. The number of likely N-dealkylation sites (tertiary alicyclic amines) is 1. The number of nitrogens with zero attached hydrogens (tertiary/aromatic N) is 2. The van der Waals surface area contributed by atoms with Gasteiger partial charge in [0.15, 0.2) is 0 Å². The van der Waals surface area contributed by atoms with Gasteiger partial charge in [0.1, 0.15) is 0 Å². The molecular weight excluding hydrogens is 336 g/mol. The van der Waals surface area contributed by atoms with Crippen molar-refractivity contribution in [1.82, 2.24) is 9.80 Å². The summed E-state index contributed by atoms with van der Waals surface area (Å²) >= 11 is 0. The largest absolute Gasteiger partial charge is 0.367 e. The number of carbonyl (C=O) groups is 1. The minimum atomic E-state index is 0.0951. The highest BCUT2D eigenvalue weighted by Gasteiger charge is 2.39. The fourth-order valence-electron chi connectivity index (χ4n) is 4.23. The van der Waals surface area contributed by atoms with Gasteiger partial charge in [-0.15, -0.1) is 0 Å². The number of benzene rings is 1. The van der Waals surface area contributed by atoms with Crippen LogP contribution in [0.2, 0.25) is 0 Å². The van der Waals surface area contributed by atoms with Gasteiger partial charge in [0.25, 0.3) is 0 Å². The molecule has 4 heteroatoms. The van der Waals surface area contributed by atoms with E-state index in [-0.39, 0.29) is 23.5 Å². The maximum absolute atomic E-state index is 12.3. The Labute approximate surface area is 164 Å². The summed E-state index contributed by atoms with van der Waals surface area (Å²) in [4.78, 5) is 17.0. The lowest BCUT2D eigenvalue weighted by Gasteiger charge is -2.48. The van der Waals surface area contributed by atoms with E-state index in [0.717, 1.165) is 39.0 Å². The van der Waals surface area contributed by atoms with Crippen molar-refractivity contribution in [1.29, 1.82) is 0 Å². The Bertz CT molecular complexity index is 615. The monoisotopic (exact) mass is 372 g/mol. The Morgan fingerprint density at radius 3 is 2.26 bits per heavy atom. The Balaban J connectivity index is 1.70. The predicted molar refractivity (Wildman–Crippen MR) is 110 cm³/mol. The average Bonchev–Trinajstić information content (AvgIpc) is 2.67. The van der Waals surface area contributed by atoms with E-state index in [2.05, 4.69) is 60.9 Å². The molecule has 0 aromatic heterocycles. The van der Waals surface area contributed by atoms with Crippen LogP contribution < -0.4 is 0 Å². The fraction of sp³-hybridized carbons (Fsp3) is 0.696. The van der Waals surface area contributed by atoms with Crippen LogP contribution in [0, 0.1) is 11.3 Å². The van der Waals surface area contributed by atoms with Crippen LogP contribution in [0.25, 0.3) is 0 Å². The third kappa shape index (κ3) is 4.91. The van der Waals surface area contributed by atoms with Crippen molar-refractivity contribution in [2.24, 2.45) is 11.3 Å². The first-order valence-corrected chi connectivity index (χ1v) is 10.5. The number of amides is 1. The van der Waals surface area contributed by atoms with Gasteiger partial charge < -0.3 is 9.64 Å². The van der Waals surface area contributed by atoms with E-state index < -0.39 is 0 Å². The van der Waals surface area contributed by atoms with Crippen molar-refractivity contribution in [3.63, 3.8) is 0 Å². The summed E-state index contributed by atoms with van der Waals surface area (Å²) in [7, 11) is 0. The predicted octanol–water partition coefficient (Wildman–Crippen LogP) is 4.12. The molecule has 0 bridgehead atoms. The lowest BCUT2D eigenvalue weighted by Crippen LogP contribution is -2.55. The number of ether oxygens (including phenoxy) is 1. The lowest BCUT2D eigenvalue weighted by molar-refractivity contribution is -0.146. The number of hydrogen-bond acceptors (Lipinski definition) is 3. The molecule has 1 aromatic rings. The van der Waals surface area contributed by atoms with E-state index >= 15 is 0 Å². The molecule has 0 saturated carbocycles. The quantitative estimate of drug-likeness (QED) is 0.800. The highest BCUT2D eigenvalue weighted by atomic mass is 16.5. The number of rotatable bonds is 3. The average molecular weight is 373 g/mol. The molecule has 2 atom stereocenters. The summed E-state index contributed by atoms with van der Waals surface area (Å²) in [6.07, 6.45) is 2.47. The second-order valence-corrected chi connectivity index (χ2v) is 9.56. The van der Waals surface area contributed by atoms with Crippen molar-refractivity contribution >= 4 is 5.91 Å². The lowest BCUT2D eigenvalue weighted by atomic mass is 9.86. The molecule has 2 heterocycles. The van der Waals surface area contributed by atoms with Gasteiger partial charge in [-0.05, 0) is 23.8 Å². The van der Waals surface area contributed by atoms with Crippen molar-refractivity contribution < 1.29 is 9.53 Å².